The average molecular weight is 612 g/mol. The molecular formula is C31H25N5O3S3. The monoisotopic (exact) mass is 611 g/mol. The average Bonchev–Trinajstić information content (AvgIpc) is 3.46. The summed E-state index contributed by atoms with van der Waals surface area (Å²) in [6.07, 6.45) is 0. The van der Waals surface area contributed by atoms with Crippen molar-refractivity contribution in [3.8, 4) is 11.3 Å². The predicted octanol–water partition coefficient (Wildman–Crippen LogP) is 8.31. The van der Waals surface area contributed by atoms with Crippen molar-refractivity contribution in [2.45, 2.75) is 17.1 Å². The summed E-state index contributed by atoms with van der Waals surface area (Å²) in [7, 11) is 0. The molecule has 0 fully saturated rings. The van der Waals surface area contributed by atoms with Gasteiger partial charge in [-0.3, -0.25) is 14.9 Å². The molecule has 1 amide bonds. The Balaban J connectivity index is 1.30. The van der Waals surface area contributed by atoms with Crippen LogP contribution in [0.1, 0.15) is 16.4 Å². The van der Waals surface area contributed by atoms with E-state index in [1.54, 1.807) is 17.5 Å². The molecule has 1 atom stereocenters. The molecule has 1 unspecified atom stereocenters. The first kappa shape index (κ1) is 28.9. The van der Waals surface area contributed by atoms with E-state index in [0.29, 0.717) is 21.5 Å². The molecule has 42 heavy (non-hydrogen) atoms. The highest BCUT2D eigenvalue weighted by Crippen LogP contribution is 2.38. The minimum absolute atomic E-state index is 0.0185. The van der Waals surface area contributed by atoms with Crippen molar-refractivity contribution in [1.29, 1.82) is 0 Å². The fraction of sp³-hybridized carbons (Fsp3) is 0.0645. The lowest BCUT2D eigenvalue weighted by molar-refractivity contribution is -0.384. The molecule has 8 nitrogen and oxygen atoms in total. The number of aromatic nitrogens is 1. The zero-order chi connectivity index (χ0) is 29.5. The number of thiazole rings is 1. The third-order valence-corrected chi connectivity index (χ3v) is 8.29. The summed E-state index contributed by atoms with van der Waals surface area (Å²) in [4.78, 5) is 29.7. The van der Waals surface area contributed by atoms with E-state index in [1.165, 1.54) is 40.8 Å². The first-order chi connectivity index (χ1) is 20.3. The van der Waals surface area contributed by atoms with Gasteiger partial charge in [-0.1, -0.05) is 66.2 Å². The summed E-state index contributed by atoms with van der Waals surface area (Å²) < 4.78 is 0. The molecule has 0 spiro atoms. The maximum absolute atomic E-state index is 13.6. The minimum atomic E-state index is -0.566. The first-order valence-corrected chi connectivity index (χ1v) is 15.0. The van der Waals surface area contributed by atoms with Crippen LogP contribution < -0.4 is 16.0 Å². The molecule has 0 bridgehead atoms. The zero-order valence-electron chi connectivity index (χ0n) is 22.3. The molecule has 4 aromatic carbocycles. The van der Waals surface area contributed by atoms with Crippen LogP contribution in [0.25, 0.3) is 11.3 Å². The Labute approximate surface area is 256 Å². The second kappa shape index (κ2) is 13.4. The van der Waals surface area contributed by atoms with Crippen molar-refractivity contribution < 1.29 is 9.72 Å². The maximum atomic E-state index is 13.6. The molecule has 5 aromatic rings. The molecule has 3 N–H and O–H groups in total. The van der Waals surface area contributed by atoms with Crippen LogP contribution >= 0.6 is 35.3 Å². The molecule has 0 saturated carbocycles. The van der Waals surface area contributed by atoms with Crippen molar-refractivity contribution in [2.75, 3.05) is 16.0 Å². The number of carbonyl (C=O) groups is 1. The van der Waals surface area contributed by atoms with Gasteiger partial charge >= 0.3 is 0 Å². The molecule has 0 aliphatic carbocycles. The molecule has 1 aromatic heterocycles. The van der Waals surface area contributed by atoms with Gasteiger partial charge in [-0.25, -0.2) is 4.98 Å². The number of hydrogen-bond donors (Lipinski definition) is 3. The maximum Gasteiger partial charge on any atom is 0.270 e. The third-order valence-electron chi connectivity index (χ3n) is 6.08. The van der Waals surface area contributed by atoms with Gasteiger partial charge in [0.2, 0.25) is 5.91 Å². The van der Waals surface area contributed by atoms with E-state index in [-0.39, 0.29) is 11.6 Å². The van der Waals surface area contributed by atoms with E-state index < -0.39 is 10.2 Å². The van der Waals surface area contributed by atoms with Gasteiger partial charge in [0.25, 0.3) is 5.69 Å². The summed E-state index contributed by atoms with van der Waals surface area (Å²) in [5.41, 5.74) is 4.82. The number of benzene rings is 4. The van der Waals surface area contributed by atoms with Crippen molar-refractivity contribution in [2.24, 2.45) is 0 Å². The lowest BCUT2D eigenvalue weighted by atomic mass is 10.1. The summed E-state index contributed by atoms with van der Waals surface area (Å²) in [5, 5.41) is 22.6. The van der Waals surface area contributed by atoms with Crippen LogP contribution in [-0.2, 0) is 4.79 Å². The van der Waals surface area contributed by atoms with Crippen LogP contribution in [0, 0.1) is 17.0 Å². The van der Waals surface area contributed by atoms with Crippen LogP contribution in [0.15, 0.2) is 113 Å². The smallest absolute Gasteiger partial charge is 0.270 e. The second-order valence-corrected chi connectivity index (χ2v) is 11.7. The van der Waals surface area contributed by atoms with Crippen molar-refractivity contribution in [3.63, 3.8) is 0 Å². The number of thiocarbonyl (C=S) groups is 1. The number of nitrogens with zero attached hydrogens (tertiary/aromatic N) is 2. The summed E-state index contributed by atoms with van der Waals surface area (Å²) in [6, 6.07) is 31.4. The highest BCUT2D eigenvalue weighted by molar-refractivity contribution is 8.00. The molecule has 0 aliphatic rings. The Kier molecular flexibility index (Phi) is 9.22. The van der Waals surface area contributed by atoms with Gasteiger partial charge in [-0.05, 0) is 55.0 Å². The van der Waals surface area contributed by atoms with E-state index in [1.807, 2.05) is 85.8 Å². The van der Waals surface area contributed by atoms with Gasteiger partial charge in [-0.15, -0.1) is 23.1 Å². The van der Waals surface area contributed by atoms with Crippen molar-refractivity contribution >= 4 is 68.5 Å². The topological polar surface area (TPSA) is 109 Å². The number of non-ortho nitro benzene ring substituents is 1. The number of thioether (sulfide) groups is 1. The number of nitro benzene ring substituents is 1. The van der Waals surface area contributed by atoms with Gasteiger partial charge in [0, 0.05) is 39.3 Å². The van der Waals surface area contributed by atoms with Crippen molar-refractivity contribution in [1.82, 2.24) is 4.98 Å². The Bertz CT molecular complexity index is 1730. The lowest BCUT2D eigenvalue weighted by Crippen LogP contribution is -2.19. The van der Waals surface area contributed by atoms with E-state index in [4.69, 9.17) is 12.2 Å². The molecule has 5 rings (SSSR count). The van der Waals surface area contributed by atoms with Crippen LogP contribution in [0.4, 0.5) is 22.2 Å². The van der Waals surface area contributed by atoms with E-state index in [9.17, 15) is 14.9 Å². The van der Waals surface area contributed by atoms with Gasteiger partial charge in [0.1, 0.15) is 5.25 Å². The summed E-state index contributed by atoms with van der Waals surface area (Å²) in [5.74, 6) is -0.235. The largest absolute Gasteiger partial charge is 0.332 e. The molecular weight excluding hydrogens is 587 g/mol. The number of nitrogens with one attached hydrogen (secondary N) is 3. The van der Waals surface area contributed by atoms with Gasteiger partial charge in [-0.2, -0.15) is 0 Å². The fourth-order valence-electron chi connectivity index (χ4n) is 4.03. The first-order valence-electron chi connectivity index (χ1n) is 12.8. The summed E-state index contributed by atoms with van der Waals surface area (Å²) >= 11 is 8.17. The second-order valence-electron chi connectivity index (χ2n) is 9.22. The number of rotatable bonds is 9. The minimum Gasteiger partial charge on any atom is -0.332 e. The Morgan fingerprint density at radius 2 is 1.64 bits per heavy atom. The number of amides is 1. The van der Waals surface area contributed by atoms with E-state index in [2.05, 4.69) is 20.9 Å². The van der Waals surface area contributed by atoms with Crippen LogP contribution in [0.3, 0.4) is 0 Å². The zero-order valence-corrected chi connectivity index (χ0v) is 24.8. The Morgan fingerprint density at radius 3 is 2.40 bits per heavy atom. The SMILES string of the molecule is Cc1ccc(NC(=S)Nc2cccc(SC(C(=O)Nc3nc(-c4cccc([N+](=O)[O-])c4)cs3)c3ccccc3)c2)cc1. The molecule has 0 saturated heterocycles. The Hall–Kier alpha value is -4.58. The van der Waals surface area contributed by atoms with E-state index >= 15 is 0 Å². The number of nitro groups is 1. The Morgan fingerprint density at radius 1 is 0.905 bits per heavy atom. The standard InChI is InChI=1S/C31H25N5O3S3/c1-20-13-15-23(16-14-20)32-30(40)33-24-10-6-12-26(18-24)42-28(21-7-3-2-4-8-21)29(37)35-31-34-27(19-41-31)22-9-5-11-25(17-22)36(38)39/h2-19,28H,1H3,(H2,32,33,40)(H,34,35,37). The van der Waals surface area contributed by atoms with Crippen LogP contribution in [0.2, 0.25) is 0 Å². The molecule has 210 valence electrons. The normalized spacial score (nSPS) is 11.4. The van der Waals surface area contributed by atoms with Crippen LogP contribution in [-0.4, -0.2) is 20.9 Å². The predicted molar refractivity (Wildman–Crippen MR) is 175 cm³/mol. The van der Waals surface area contributed by atoms with Crippen molar-refractivity contribution in [3.05, 3.63) is 130 Å². The number of aryl methyl sites for hydroxylation is 1. The van der Waals surface area contributed by atoms with Crippen LogP contribution in [0.5, 0.6) is 0 Å². The lowest BCUT2D eigenvalue weighted by Gasteiger charge is -2.17. The van der Waals surface area contributed by atoms with Gasteiger partial charge < -0.3 is 16.0 Å². The quantitative estimate of drug-likeness (QED) is 0.0661. The molecule has 0 radical (unpaired) electrons. The number of carbonyl (C=O) groups excluding carboxylic acids is 1. The summed E-state index contributed by atoms with van der Waals surface area (Å²) in [6.45, 7) is 2.03. The van der Waals surface area contributed by atoms with Gasteiger partial charge in [0.15, 0.2) is 10.2 Å². The number of anilines is 3. The van der Waals surface area contributed by atoms with E-state index in [0.717, 1.165) is 21.8 Å². The van der Waals surface area contributed by atoms with Gasteiger partial charge in [0.05, 0.1) is 10.6 Å². The number of hydrogen-bond acceptors (Lipinski definition) is 7. The molecule has 11 heteroatoms. The molecule has 1 heterocycles. The molecule has 0 aliphatic heterocycles. The third kappa shape index (κ3) is 7.58. The highest BCUT2D eigenvalue weighted by atomic mass is 32.2. The fourth-order valence-corrected chi connectivity index (χ4v) is 6.07. The highest BCUT2D eigenvalue weighted by Gasteiger charge is 2.23.